The van der Waals surface area contributed by atoms with Crippen molar-refractivity contribution in [3.05, 3.63) is 71.8 Å². The third kappa shape index (κ3) is 3.60. The predicted octanol–water partition coefficient (Wildman–Crippen LogP) is 7.01. The maximum Gasteiger partial charge on any atom is 0.129 e. The van der Waals surface area contributed by atoms with E-state index in [0.29, 0.717) is 0 Å². The number of rotatable bonds is 5. The van der Waals surface area contributed by atoms with E-state index in [4.69, 9.17) is 9.73 Å². The molecule has 0 fully saturated rings. The van der Waals surface area contributed by atoms with Crippen molar-refractivity contribution in [3.63, 3.8) is 0 Å². The molecule has 0 aliphatic carbocycles. The van der Waals surface area contributed by atoms with Crippen LogP contribution in [0.5, 0.6) is 5.75 Å². The number of aliphatic imine (C=N–C) groups is 1. The second-order valence-corrected chi connectivity index (χ2v) is 8.50. The van der Waals surface area contributed by atoms with Crippen LogP contribution in [0.15, 0.2) is 65.7 Å². The third-order valence-electron chi connectivity index (χ3n) is 5.89. The lowest BCUT2D eigenvalue weighted by molar-refractivity contribution is 0.413. The zero-order chi connectivity index (χ0) is 21.3. The van der Waals surface area contributed by atoms with E-state index in [2.05, 4.69) is 93.3 Å². The van der Waals surface area contributed by atoms with Gasteiger partial charge in [-0.15, -0.1) is 0 Å². The van der Waals surface area contributed by atoms with Gasteiger partial charge in [-0.3, -0.25) is 4.99 Å². The molecule has 1 heterocycles. The van der Waals surface area contributed by atoms with Crippen molar-refractivity contribution >= 4 is 33.9 Å². The lowest BCUT2D eigenvalue weighted by atomic mass is 9.87. The van der Waals surface area contributed by atoms with E-state index in [1.54, 1.807) is 7.11 Å². The fourth-order valence-corrected chi connectivity index (χ4v) is 4.49. The van der Waals surface area contributed by atoms with E-state index in [0.717, 1.165) is 35.4 Å². The van der Waals surface area contributed by atoms with Gasteiger partial charge in [-0.2, -0.15) is 0 Å². The van der Waals surface area contributed by atoms with Gasteiger partial charge in [-0.1, -0.05) is 49.4 Å². The van der Waals surface area contributed by atoms with Crippen LogP contribution in [0.2, 0.25) is 0 Å². The van der Waals surface area contributed by atoms with Gasteiger partial charge in [0.2, 0.25) is 0 Å². The Labute approximate surface area is 179 Å². The standard InChI is InChI=1S/C27H30N2O/c1-6-14-29-25-16-26(30-5)21(15-23(25)19(2)17-27(29,3)4)18-28-24-13-9-11-20-10-7-8-12-22(20)24/h7-13,15-18H,6,14H2,1-5H3. The summed E-state index contributed by atoms with van der Waals surface area (Å²) >= 11 is 0. The van der Waals surface area contributed by atoms with Crippen LogP contribution in [0.25, 0.3) is 16.3 Å². The molecule has 0 atom stereocenters. The van der Waals surface area contributed by atoms with Gasteiger partial charge in [0.15, 0.2) is 0 Å². The number of anilines is 1. The Kier molecular flexibility index (Phi) is 5.38. The Morgan fingerprint density at radius 2 is 1.83 bits per heavy atom. The quantitative estimate of drug-likeness (QED) is 0.432. The zero-order valence-corrected chi connectivity index (χ0v) is 18.6. The number of hydrogen-bond acceptors (Lipinski definition) is 3. The molecule has 0 amide bonds. The summed E-state index contributed by atoms with van der Waals surface area (Å²) < 4.78 is 5.78. The molecule has 0 saturated carbocycles. The summed E-state index contributed by atoms with van der Waals surface area (Å²) in [5, 5.41) is 2.35. The molecule has 3 aromatic carbocycles. The van der Waals surface area contributed by atoms with Gasteiger partial charge in [0.1, 0.15) is 5.75 Å². The molecular formula is C27H30N2O. The van der Waals surface area contributed by atoms with Gasteiger partial charge in [0.05, 0.1) is 18.3 Å². The maximum absolute atomic E-state index is 5.78. The summed E-state index contributed by atoms with van der Waals surface area (Å²) in [5.74, 6) is 0.851. The average molecular weight is 399 g/mol. The fourth-order valence-electron chi connectivity index (χ4n) is 4.49. The second-order valence-electron chi connectivity index (χ2n) is 8.50. The van der Waals surface area contributed by atoms with Crippen molar-refractivity contribution in [2.75, 3.05) is 18.6 Å². The van der Waals surface area contributed by atoms with Crippen molar-refractivity contribution in [2.24, 2.45) is 4.99 Å². The number of methoxy groups -OCH3 is 1. The topological polar surface area (TPSA) is 24.8 Å². The predicted molar refractivity (Wildman–Crippen MR) is 130 cm³/mol. The van der Waals surface area contributed by atoms with Crippen LogP contribution in [-0.4, -0.2) is 25.4 Å². The van der Waals surface area contributed by atoms with Crippen LogP contribution >= 0.6 is 0 Å². The summed E-state index contributed by atoms with van der Waals surface area (Å²) in [4.78, 5) is 7.31. The van der Waals surface area contributed by atoms with Gasteiger partial charge < -0.3 is 9.64 Å². The first-order chi connectivity index (χ1) is 14.4. The van der Waals surface area contributed by atoms with Gasteiger partial charge in [0, 0.05) is 41.0 Å². The summed E-state index contributed by atoms with van der Waals surface area (Å²) in [5.41, 5.74) is 5.73. The zero-order valence-electron chi connectivity index (χ0n) is 18.6. The molecule has 4 rings (SSSR count). The minimum absolute atomic E-state index is 0.0172. The Bertz CT molecular complexity index is 1140. The van der Waals surface area contributed by atoms with E-state index >= 15 is 0 Å². The van der Waals surface area contributed by atoms with Crippen LogP contribution in [0.1, 0.15) is 45.2 Å². The smallest absolute Gasteiger partial charge is 0.129 e. The van der Waals surface area contributed by atoms with Crippen LogP contribution in [0.4, 0.5) is 11.4 Å². The number of hydrogen-bond donors (Lipinski definition) is 0. The lowest BCUT2D eigenvalue weighted by Crippen LogP contribution is -2.45. The van der Waals surface area contributed by atoms with Crippen molar-refractivity contribution in [2.45, 2.75) is 39.7 Å². The first kappa shape index (κ1) is 20.2. The maximum atomic E-state index is 5.78. The SMILES string of the molecule is CCCN1c2cc(OC)c(C=Nc3cccc4ccccc34)cc2C(C)=CC1(C)C. The summed E-state index contributed by atoms with van der Waals surface area (Å²) in [6, 6.07) is 19.0. The van der Waals surface area contributed by atoms with Gasteiger partial charge in [-0.25, -0.2) is 0 Å². The Balaban J connectivity index is 1.80. The first-order valence-corrected chi connectivity index (χ1v) is 10.7. The first-order valence-electron chi connectivity index (χ1n) is 10.7. The van der Waals surface area contributed by atoms with E-state index in [9.17, 15) is 0 Å². The van der Waals surface area contributed by atoms with E-state index in [1.807, 2.05) is 6.21 Å². The molecule has 1 aliphatic heterocycles. The van der Waals surface area contributed by atoms with Crippen molar-refractivity contribution in [1.82, 2.24) is 0 Å². The molecule has 0 N–H and O–H groups in total. The molecule has 0 bridgehead atoms. The molecular weight excluding hydrogens is 368 g/mol. The summed E-state index contributed by atoms with van der Waals surface area (Å²) in [6.07, 6.45) is 5.39. The van der Waals surface area contributed by atoms with Crippen molar-refractivity contribution < 1.29 is 4.74 Å². The van der Waals surface area contributed by atoms with Crippen LogP contribution < -0.4 is 9.64 Å². The summed E-state index contributed by atoms with van der Waals surface area (Å²) in [6.45, 7) is 9.98. The largest absolute Gasteiger partial charge is 0.496 e. The molecule has 3 heteroatoms. The van der Waals surface area contributed by atoms with E-state index in [1.165, 1.54) is 22.2 Å². The minimum atomic E-state index is -0.0172. The summed E-state index contributed by atoms with van der Waals surface area (Å²) in [7, 11) is 1.73. The van der Waals surface area contributed by atoms with Crippen molar-refractivity contribution in [3.8, 4) is 5.75 Å². The molecule has 0 spiro atoms. The number of ether oxygens (including phenoxy) is 1. The molecule has 0 aromatic heterocycles. The number of nitrogens with zero attached hydrogens (tertiary/aromatic N) is 2. The van der Waals surface area contributed by atoms with Crippen LogP contribution in [-0.2, 0) is 0 Å². The van der Waals surface area contributed by atoms with Gasteiger partial charge in [-0.05, 0) is 50.3 Å². The normalized spacial score (nSPS) is 15.4. The van der Waals surface area contributed by atoms with Gasteiger partial charge >= 0.3 is 0 Å². The number of benzene rings is 3. The molecule has 0 unspecified atom stereocenters. The monoisotopic (exact) mass is 398 g/mol. The Morgan fingerprint density at radius 3 is 2.60 bits per heavy atom. The highest BCUT2D eigenvalue weighted by Gasteiger charge is 2.31. The van der Waals surface area contributed by atoms with Crippen LogP contribution in [0.3, 0.4) is 0 Å². The fraction of sp³-hybridized carbons (Fsp3) is 0.296. The van der Waals surface area contributed by atoms with Crippen molar-refractivity contribution in [1.29, 1.82) is 0 Å². The second kappa shape index (κ2) is 7.98. The highest BCUT2D eigenvalue weighted by atomic mass is 16.5. The molecule has 0 radical (unpaired) electrons. The Hall–Kier alpha value is -3.07. The highest BCUT2D eigenvalue weighted by molar-refractivity contribution is 5.97. The molecule has 3 aromatic rings. The molecule has 1 aliphatic rings. The number of allylic oxidation sites excluding steroid dienone is 1. The van der Waals surface area contributed by atoms with Crippen LogP contribution in [0, 0.1) is 0 Å². The molecule has 3 nitrogen and oxygen atoms in total. The molecule has 154 valence electrons. The minimum Gasteiger partial charge on any atom is -0.496 e. The number of fused-ring (bicyclic) bond motifs is 2. The van der Waals surface area contributed by atoms with E-state index < -0.39 is 0 Å². The Morgan fingerprint density at radius 1 is 1.07 bits per heavy atom. The molecule has 0 saturated heterocycles. The van der Waals surface area contributed by atoms with Gasteiger partial charge in [0.25, 0.3) is 0 Å². The average Bonchev–Trinajstić information content (AvgIpc) is 2.74. The lowest BCUT2D eigenvalue weighted by Gasteiger charge is -2.43. The van der Waals surface area contributed by atoms with E-state index in [-0.39, 0.29) is 5.54 Å². The highest BCUT2D eigenvalue weighted by Crippen LogP contribution is 2.42. The molecule has 30 heavy (non-hydrogen) atoms. The third-order valence-corrected chi connectivity index (χ3v) is 5.89.